The van der Waals surface area contributed by atoms with Gasteiger partial charge in [-0.15, -0.1) is 12.4 Å². The van der Waals surface area contributed by atoms with Gasteiger partial charge < -0.3 is 10.6 Å². The van der Waals surface area contributed by atoms with E-state index in [2.05, 4.69) is 6.92 Å². The molecule has 0 saturated heterocycles. The van der Waals surface area contributed by atoms with E-state index in [1.807, 2.05) is 36.1 Å². The number of nitrogens with two attached hydrogens (primary N) is 1. The van der Waals surface area contributed by atoms with Gasteiger partial charge in [0.05, 0.1) is 12.1 Å². The zero-order valence-corrected chi connectivity index (χ0v) is 13.5. The average Bonchev–Trinajstić information content (AvgIpc) is 3.23. The van der Waals surface area contributed by atoms with Crippen LogP contribution >= 0.6 is 24.0 Å². The van der Waals surface area contributed by atoms with Gasteiger partial charge in [-0.3, -0.25) is 4.79 Å². The number of carbonyl (C=O) groups is 1. The number of nitrogens with zero attached hydrogens (tertiary/aromatic N) is 1. The number of amides is 1. The fraction of sp³-hybridized carbons (Fsp3) is 0.533. The van der Waals surface area contributed by atoms with Crippen LogP contribution in [0.2, 0.25) is 5.02 Å². The van der Waals surface area contributed by atoms with Gasteiger partial charge in [0.2, 0.25) is 5.91 Å². The first-order valence-corrected chi connectivity index (χ1v) is 7.25. The molecule has 0 spiro atoms. The maximum atomic E-state index is 12.4. The second-order valence-corrected chi connectivity index (χ2v) is 5.66. The Morgan fingerprint density at radius 1 is 1.40 bits per heavy atom. The fourth-order valence-corrected chi connectivity index (χ4v) is 2.43. The monoisotopic (exact) mass is 316 g/mol. The lowest BCUT2D eigenvalue weighted by Gasteiger charge is -2.31. The van der Waals surface area contributed by atoms with Crippen LogP contribution in [0.5, 0.6) is 0 Å². The van der Waals surface area contributed by atoms with Crippen LogP contribution in [0.25, 0.3) is 0 Å². The molecular formula is C15H22Cl2N2O. The van der Waals surface area contributed by atoms with Crippen LogP contribution in [0, 0.1) is 0 Å². The van der Waals surface area contributed by atoms with Crippen LogP contribution in [0.3, 0.4) is 0 Å². The van der Waals surface area contributed by atoms with E-state index in [1.165, 1.54) is 0 Å². The third-order valence-electron chi connectivity index (χ3n) is 3.72. The van der Waals surface area contributed by atoms with Gasteiger partial charge in [-0.1, -0.05) is 30.7 Å². The van der Waals surface area contributed by atoms with Crippen LogP contribution in [-0.2, 0) is 4.79 Å². The van der Waals surface area contributed by atoms with Crippen molar-refractivity contribution < 1.29 is 4.79 Å². The van der Waals surface area contributed by atoms with Gasteiger partial charge in [0.15, 0.2) is 0 Å². The van der Waals surface area contributed by atoms with E-state index < -0.39 is 6.04 Å². The lowest BCUT2D eigenvalue weighted by molar-refractivity contribution is -0.135. The lowest BCUT2D eigenvalue weighted by atomic mass is 10.1. The Bertz CT molecular complexity index is 446. The van der Waals surface area contributed by atoms with E-state index in [0.29, 0.717) is 17.5 Å². The van der Waals surface area contributed by atoms with Gasteiger partial charge in [-0.05, 0) is 43.9 Å². The van der Waals surface area contributed by atoms with Crippen LogP contribution in [0.15, 0.2) is 24.3 Å². The Morgan fingerprint density at radius 3 is 2.40 bits per heavy atom. The van der Waals surface area contributed by atoms with Crippen molar-refractivity contribution in [1.82, 2.24) is 4.90 Å². The van der Waals surface area contributed by atoms with Crippen LogP contribution in [-0.4, -0.2) is 22.9 Å². The zero-order chi connectivity index (χ0) is 14.0. The van der Waals surface area contributed by atoms with Crippen molar-refractivity contribution in [2.75, 3.05) is 0 Å². The van der Waals surface area contributed by atoms with Gasteiger partial charge in [0.25, 0.3) is 0 Å². The largest absolute Gasteiger partial charge is 0.332 e. The molecule has 0 heterocycles. The normalized spacial score (nSPS) is 17.0. The Kier molecular flexibility index (Phi) is 6.31. The van der Waals surface area contributed by atoms with E-state index in [4.69, 9.17) is 17.3 Å². The fourth-order valence-electron chi connectivity index (χ4n) is 2.31. The summed E-state index contributed by atoms with van der Waals surface area (Å²) in [5.41, 5.74) is 7.02. The molecule has 1 fully saturated rings. The summed E-state index contributed by atoms with van der Waals surface area (Å²) >= 11 is 5.91. The zero-order valence-electron chi connectivity index (χ0n) is 11.9. The molecule has 1 unspecified atom stereocenters. The summed E-state index contributed by atoms with van der Waals surface area (Å²) in [6, 6.07) is 7.70. The first-order chi connectivity index (χ1) is 9.04. The topological polar surface area (TPSA) is 46.3 Å². The summed E-state index contributed by atoms with van der Waals surface area (Å²) in [7, 11) is 0. The minimum Gasteiger partial charge on any atom is -0.332 e. The molecule has 1 amide bonds. The third-order valence-corrected chi connectivity index (χ3v) is 3.97. The molecule has 112 valence electrons. The molecule has 2 rings (SSSR count). The highest BCUT2D eigenvalue weighted by molar-refractivity contribution is 6.30. The first-order valence-electron chi connectivity index (χ1n) is 6.87. The van der Waals surface area contributed by atoms with Crippen molar-refractivity contribution in [3.8, 4) is 0 Å². The van der Waals surface area contributed by atoms with E-state index in [0.717, 1.165) is 18.4 Å². The van der Waals surface area contributed by atoms with Gasteiger partial charge in [-0.25, -0.2) is 0 Å². The third kappa shape index (κ3) is 3.87. The summed E-state index contributed by atoms with van der Waals surface area (Å²) in [6.07, 6.45) is 2.84. The molecule has 1 aromatic carbocycles. The second-order valence-electron chi connectivity index (χ2n) is 5.22. The molecule has 20 heavy (non-hydrogen) atoms. The number of halogens is 2. The molecule has 2 N–H and O–H groups in total. The van der Waals surface area contributed by atoms with Crippen LogP contribution in [0.1, 0.15) is 44.7 Å². The van der Waals surface area contributed by atoms with Gasteiger partial charge in [0, 0.05) is 11.1 Å². The molecule has 1 saturated carbocycles. The quantitative estimate of drug-likeness (QED) is 0.903. The highest BCUT2D eigenvalue weighted by Crippen LogP contribution is 2.35. The number of rotatable bonds is 5. The number of hydrogen-bond acceptors (Lipinski definition) is 2. The average molecular weight is 317 g/mol. The number of carbonyl (C=O) groups excluding carboxylic acids is 1. The van der Waals surface area contributed by atoms with Crippen molar-refractivity contribution in [3.63, 3.8) is 0 Å². The minimum atomic E-state index is -0.393. The van der Waals surface area contributed by atoms with E-state index in [9.17, 15) is 4.79 Å². The Labute approximate surface area is 131 Å². The summed E-state index contributed by atoms with van der Waals surface area (Å²) < 4.78 is 0. The Balaban J connectivity index is 0.00000200. The van der Waals surface area contributed by atoms with Crippen LogP contribution in [0.4, 0.5) is 0 Å². The Morgan fingerprint density at radius 2 is 1.95 bits per heavy atom. The molecule has 1 aliphatic carbocycles. The Hall–Kier alpha value is -0.770. The van der Waals surface area contributed by atoms with E-state index in [1.54, 1.807) is 0 Å². The number of benzene rings is 1. The maximum absolute atomic E-state index is 12.4. The van der Waals surface area contributed by atoms with Crippen LogP contribution < -0.4 is 5.73 Å². The SMILES string of the molecule is CC[C@H](N)C(=O)N(C1CC1)C(C)c1ccc(Cl)cc1.Cl. The molecule has 1 aliphatic rings. The highest BCUT2D eigenvalue weighted by Gasteiger charge is 2.37. The summed E-state index contributed by atoms with van der Waals surface area (Å²) in [5, 5.41) is 0.713. The van der Waals surface area contributed by atoms with Gasteiger partial charge in [-0.2, -0.15) is 0 Å². The molecule has 1 aromatic rings. The molecule has 0 radical (unpaired) electrons. The van der Waals surface area contributed by atoms with Crippen molar-refractivity contribution in [1.29, 1.82) is 0 Å². The molecular weight excluding hydrogens is 295 g/mol. The predicted molar refractivity (Wildman–Crippen MR) is 85.2 cm³/mol. The number of hydrogen-bond donors (Lipinski definition) is 1. The maximum Gasteiger partial charge on any atom is 0.240 e. The predicted octanol–water partition coefficient (Wildman–Crippen LogP) is 3.55. The van der Waals surface area contributed by atoms with Crippen molar-refractivity contribution >= 4 is 29.9 Å². The highest BCUT2D eigenvalue weighted by atomic mass is 35.5. The first kappa shape index (κ1) is 17.3. The van der Waals surface area contributed by atoms with E-state index >= 15 is 0 Å². The van der Waals surface area contributed by atoms with Crippen molar-refractivity contribution in [2.45, 2.75) is 51.2 Å². The second kappa shape index (κ2) is 7.30. The van der Waals surface area contributed by atoms with Crippen molar-refractivity contribution in [2.24, 2.45) is 5.73 Å². The summed E-state index contributed by atoms with van der Waals surface area (Å²) in [6.45, 7) is 4.00. The lowest BCUT2D eigenvalue weighted by Crippen LogP contribution is -2.45. The molecule has 0 aliphatic heterocycles. The molecule has 0 aromatic heterocycles. The molecule has 0 bridgehead atoms. The molecule has 2 atom stereocenters. The summed E-state index contributed by atoms with van der Waals surface area (Å²) in [5.74, 6) is 0.0625. The summed E-state index contributed by atoms with van der Waals surface area (Å²) in [4.78, 5) is 14.4. The molecule has 5 heteroatoms. The van der Waals surface area contributed by atoms with Crippen molar-refractivity contribution in [3.05, 3.63) is 34.9 Å². The molecule has 3 nitrogen and oxygen atoms in total. The van der Waals surface area contributed by atoms with E-state index in [-0.39, 0.29) is 24.4 Å². The smallest absolute Gasteiger partial charge is 0.240 e. The minimum absolute atomic E-state index is 0. The standard InChI is InChI=1S/C15H21ClN2O.ClH/c1-3-14(17)15(19)18(13-8-9-13)10(2)11-4-6-12(16)7-5-11;/h4-7,10,13-14H,3,8-9,17H2,1-2H3;1H/t10?,14-;/m0./s1. The van der Waals surface area contributed by atoms with Gasteiger partial charge in [0.1, 0.15) is 0 Å². The van der Waals surface area contributed by atoms with Gasteiger partial charge >= 0.3 is 0 Å².